The van der Waals surface area contributed by atoms with Crippen LogP contribution >= 0.6 is 0 Å². The Morgan fingerprint density at radius 1 is 1.26 bits per heavy atom. The lowest BCUT2D eigenvalue weighted by Gasteiger charge is -2.06. The first-order valence-electron chi connectivity index (χ1n) is 5.71. The van der Waals surface area contributed by atoms with Gasteiger partial charge in [-0.1, -0.05) is 11.6 Å². The van der Waals surface area contributed by atoms with Crippen molar-refractivity contribution in [1.82, 2.24) is 0 Å². The maximum absolute atomic E-state index is 12.7. The third-order valence-corrected chi connectivity index (χ3v) is 2.63. The van der Waals surface area contributed by atoms with Gasteiger partial charge in [0.15, 0.2) is 6.54 Å². The first-order valence-corrected chi connectivity index (χ1v) is 5.71. The minimum absolute atomic E-state index is 0.154. The van der Waals surface area contributed by atoms with Gasteiger partial charge in [0.1, 0.15) is 12.2 Å². The van der Waals surface area contributed by atoms with Gasteiger partial charge >= 0.3 is 6.18 Å². The SMILES string of the molecule is Cc1ccc2oc(C(F)(F)F)cc(=[NH+]CCO)c2c1. The second kappa shape index (κ2) is 5.05. The molecular formula is C13H13F3NO2+. The molecule has 0 unspecified atom stereocenters. The van der Waals surface area contributed by atoms with Gasteiger partial charge in [-0.3, -0.25) is 0 Å². The van der Waals surface area contributed by atoms with Crippen LogP contribution in [0.5, 0.6) is 0 Å². The van der Waals surface area contributed by atoms with Crippen molar-refractivity contribution in [3.05, 3.63) is 40.9 Å². The second-order valence-electron chi connectivity index (χ2n) is 4.17. The van der Waals surface area contributed by atoms with E-state index in [0.717, 1.165) is 11.6 Å². The number of aliphatic hydroxyl groups excluding tert-OH is 1. The average Bonchev–Trinajstić information content (AvgIpc) is 2.34. The second-order valence-corrected chi connectivity index (χ2v) is 4.17. The lowest BCUT2D eigenvalue weighted by molar-refractivity contribution is -0.501. The first kappa shape index (κ1) is 13.6. The zero-order valence-corrected chi connectivity index (χ0v) is 10.2. The van der Waals surface area contributed by atoms with Gasteiger partial charge in [-0.25, -0.2) is 4.99 Å². The molecule has 102 valence electrons. The molecule has 0 aliphatic carbocycles. The van der Waals surface area contributed by atoms with E-state index in [0.29, 0.717) is 10.7 Å². The van der Waals surface area contributed by atoms with Crippen LogP contribution in [-0.4, -0.2) is 18.3 Å². The highest BCUT2D eigenvalue weighted by atomic mass is 19.4. The van der Waals surface area contributed by atoms with Gasteiger partial charge < -0.3 is 9.52 Å². The molecule has 0 atom stereocenters. The van der Waals surface area contributed by atoms with Crippen LogP contribution in [0.4, 0.5) is 13.2 Å². The molecule has 3 nitrogen and oxygen atoms in total. The number of hydrogen-bond donors (Lipinski definition) is 2. The van der Waals surface area contributed by atoms with Crippen LogP contribution in [-0.2, 0) is 6.18 Å². The van der Waals surface area contributed by atoms with Gasteiger partial charge in [0, 0.05) is 0 Å². The zero-order chi connectivity index (χ0) is 14.0. The molecule has 0 spiro atoms. The molecule has 0 fully saturated rings. The van der Waals surface area contributed by atoms with E-state index in [4.69, 9.17) is 9.52 Å². The van der Waals surface area contributed by atoms with Crippen molar-refractivity contribution >= 4 is 11.0 Å². The molecular weight excluding hydrogens is 259 g/mol. The highest BCUT2D eigenvalue weighted by Gasteiger charge is 2.35. The largest absolute Gasteiger partial charge is 0.451 e. The topological polar surface area (TPSA) is 47.3 Å². The maximum Gasteiger partial charge on any atom is 0.449 e. The van der Waals surface area contributed by atoms with E-state index in [2.05, 4.69) is 4.99 Å². The standard InChI is InChI=1S/C13H12F3NO2/c1-8-2-3-11-9(6-8)10(17-4-5-18)7-12(19-11)13(14,15)16/h2-3,6-7,18H,4-5H2,1H3/p+1. The third kappa shape index (κ3) is 2.96. The van der Waals surface area contributed by atoms with Gasteiger partial charge in [-0.15, -0.1) is 0 Å². The van der Waals surface area contributed by atoms with E-state index < -0.39 is 11.9 Å². The summed E-state index contributed by atoms with van der Waals surface area (Å²) in [5.74, 6) is -1.07. The number of fused-ring (bicyclic) bond motifs is 1. The fraction of sp³-hybridized carbons (Fsp3) is 0.308. The summed E-state index contributed by atoms with van der Waals surface area (Å²) in [6, 6.07) is 5.84. The molecule has 19 heavy (non-hydrogen) atoms. The molecule has 0 radical (unpaired) electrons. The van der Waals surface area contributed by atoms with Crippen molar-refractivity contribution in [3.63, 3.8) is 0 Å². The predicted octanol–water partition coefficient (Wildman–Crippen LogP) is 0.734. The van der Waals surface area contributed by atoms with E-state index in [1.165, 1.54) is 6.07 Å². The Kier molecular flexibility index (Phi) is 3.61. The lowest BCUT2D eigenvalue weighted by atomic mass is 10.1. The minimum Gasteiger partial charge on any atom is -0.451 e. The quantitative estimate of drug-likeness (QED) is 0.847. The molecule has 0 aliphatic rings. The van der Waals surface area contributed by atoms with Crippen LogP contribution in [0.1, 0.15) is 11.3 Å². The fourth-order valence-electron chi connectivity index (χ4n) is 1.78. The molecule has 2 aromatic rings. The molecule has 0 aliphatic heterocycles. The molecule has 2 N–H and O–H groups in total. The van der Waals surface area contributed by atoms with E-state index in [1.807, 2.05) is 6.92 Å². The Morgan fingerprint density at radius 2 is 2.00 bits per heavy atom. The number of rotatable bonds is 2. The molecule has 0 saturated carbocycles. The Morgan fingerprint density at radius 3 is 2.63 bits per heavy atom. The fourth-order valence-corrected chi connectivity index (χ4v) is 1.78. The smallest absolute Gasteiger partial charge is 0.449 e. The normalized spacial score (nSPS) is 13.2. The summed E-state index contributed by atoms with van der Waals surface area (Å²) >= 11 is 0. The van der Waals surface area contributed by atoms with E-state index in [9.17, 15) is 13.2 Å². The molecule has 0 saturated heterocycles. The van der Waals surface area contributed by atoms with Crippen molar-refractivity contribution in [3.8, 4) is 0 Å². The number of hydrogen-bond acceptors (Lipinski definition) is 2. The number of halogens is 3. The number of aryl methyl sites for hydroxylation is 1. The number of benzene rings is 1. The van der Waals surface area contributed by atoms with Gasteiger partial charge in [-0.05, 0) is 19.1 Å². The molecule has 6 heteroatoms. The van der Waals surface area contributed by atoms with Crippen LogP contribution in [0, 0.1) is 6.92 Å². The maximum atomic E-state index is 12.7. The summed E-state index contributed by atoms with van der Waals surface area (Å²) in [4.78, 5) is 2.77. The van der Waals surface area contributed by atoms with Crippen LogP contribution in [0.15, 0.2) is 28.7 Å². The molecule has 0 amide bonds. The summed E-state index contributed by atoms with van der Waals surface area (Å²) in [7, 11) is 0. The summed E-state index contributed by atoms with van der Waals surface area (Å²) in [6.45, 7) is 1.85. The number of nitrogens with one attached hydrogen (secondary N) is 1. The van der Waals surface area contributed by atoms with Crippen molar-refractivity contribution < 1.29 is 27.7 Å². The van der Waals surface area contributed by atoms with Crippen molar-refractivity contribution in [2.24, 2.45) is 0 Å². The number of aliphatic hydroxyl groups is 1. The number of alkyl halides is 3. The first-order chi connectivity index (χ1) is 8.91. The van der Waals surface area contributed by atoms with Gasteiger partial charge in [-0.2, -0.15) is 13.2 Å². The van der Waals surface area contributed by atoms with Crippen LogP contribution in [0.3, 0.4) is 0 Å². The van der Waals surface area contributed by atoms with Crippen LogP contribution in [0.25, 0.3) is 11.0 Å². The Balaban J connectivity index is 2.77. The monoisotopic (exact) mass is 272 g/mol. The van der Waals surface area contributed by atoms with Crippen LogP contribution in [0.2, 0.25) is 0 Å². The van der Waals surface area contributed by atoms with E-state index in [-0.39, 0.29) is 18.7 Å². The molecule has 1 aromatic heterocycles. The molecule has 2 rings (SSSR count). The Bertz CT molecular complexity index is 659. The highest BCUT2D eigenvalue weighted by molar-refractivity contribution is 5.76. The van der Waals surface area contributed by atoms with E-state index >= 15 is 0 Å². The highest BCUT2D eigenvalue weighted by Crippen LogP contribution is 2.29. The third-order valence-electron chi connectivity index (χ3n) is 2.63. The Hall–Kier alpha value is -1.82. The summed E-state index contributed by atoms with van der Waals surface area (Å²) in [6.07, 6.45) is -4.55. The zero-order valence-electron chi connectivity index (χ0n) is 10.2. The average molecular weight is 272 g/mol. The molecule has 1 heterocycles. The predicted molar refractivity (Wildman–Crippen MR) is 62.0 cm³/mol. The van der Waals surface area contributed by atoms with Gasteiger partial charge in [0.25, 0.3) is 0 Å². The van der Waals surface area contributed by atoms with Gasteiger partial charge in [0.05, 0.1) is 11.5 Å². The minimum atomic E-state index is -4.55. The molecule has 0 bridgehead atoms. The summed E-state index contributed by atoms with van der Waals surface area (Å²) < 4.78 is 43.1. The Labute approximate surface area is 107 Å². The lowest BCUT2D eigenvalue weighted by Crippen LogP contribution is -2.77. The van der Waals surface area contributed by atoms with Crippen LogP contribution < -0.4 is 10.3 Å². The van der Waals surface area contributed by atoms with Gasteiger partial charge in [0.2, 0.25) is 11.1 Å². The van der Waals surface area contributed by atoms with Crippen molar-refractivity contribution in [1.29, 1.82) is 0 Å². The van der Waals surface area contributed by atoms with Crippen molar-refractivity contribution in [2.45, 2.75) is 13.1 Å². The summed E-state index contributed by atoms with van der Waals surface area (Å²) in [5, 5.41) is 9.63. The van der Waals surface area contributed by atoms with Crippen molar-refractivity contribution in [2.75, 3.05) is 13.2 Å². The van der Waals surface area contributed by atoms with E-state index in [1.54, 1.807) is 12.1 Å². The molecule has 1 aromatic carbocycles. The summed E-state index contributed by atoms with van der Waals surface area (Å²) in [5.41, 5.74) is 1.07.